The maximum atomic E-state index is 11.8. The predicted octanol–water partition coefficient (Wildman–Crippen LogP) is 4.35. The lowest BCUT2D eigenvalue weighted by Crippen LogP contribution is -2.12. The van der Waals surface area contributed by atoms with Gasteiger partial charge in [0.2, 0.25) is 0 Å². The molecule has 0 radical (unpaired) electrons. The third kappa shape index (κ3) is 3.54. The molecule has 0 saturated carbocycles. The summed E-state index contributed by atoms with van der Waals surface area (Å²) in [6.45, 7) is 0. The van der Waals surface area contributed by atoms with Crippen LogP contribution in [-0.2, 0) is 0 Å². The minimum absolute atomic E-state index is 0.247. The first-order valence-electron chi connectivity index (χ1n) is 9.92. The minimum atomic E-state index is -0.976. The van der Waals surface area contributed by atoms with Crippen LogP contribution >= 0.6 is 11.3 Å². The van der Waals surface area contributed by atoms with Gasteiger partial charge in [-0.3, -0.25) is 4.79 Å². The lowest BCUT2D eigenvalue weighted by atomic mass is 10.1. The Morgan fingerprint density at radius 2 is 1.82 bits per heavy atom. The molecule has 5 rings (SSSR count). The lowest BCUT2D eigenvalue weighted by molar-refractivity contribution is 0.0702. The number of carbonyl (C=O) groups excluding carboxylic acids is 1. The van der Waals surface area contributed by atoms with Crippen molar-refractivity contribution in [2.24, 2.45) is 5.73 Å². The fraction of sp³-hybridized carbons (Fsp3) is 0.0417. The number of carboxylic acids is 1. The van der Waals surface area contributed by atoms with Crippen LogP contribution in [0.4, 0.5) is 0 Å². The van der Waals surface area contributed by atoms with Crippen molar-refractivity contribution in [3.05, 3.63) is 83.8 Å². The molecule has 3 aromatic heterocycles. The molecule has 5 aromatic rings. The summed E-state index contributed by atoms with van der Waals surface area (Å²) < 4.78 is 10.1. The molecule has 1 amide bonds. The molecule has 8 nitrogen and oxygen atoms in total. The first-order valence-corrected chi connectivity index (χ1v) is 10.7. The molecule has 0 atom stereocenters. The number of primary amides is 1. The predicted molar refractivity (Wildman–Crippen MR) is 126 cm³/mol. The third-order valence-electron chi connectivity index (χ3n) is 5.37. The van der Waals surface area contributed by atoms with Crippen LogP contribution in [0.2, 0.25) is 0 Å². The monoisotopic (exact) mass is 458 g/mol. The average Bonchev–Trinajstić information content (AvgIpc) is 3.55. The average molecular weight is 458 g/mol. The maximum absolute atomic E-state index is 11.8. The number of nitrogens with zero attached hydrogens (tertiary/aromatic N) is 3. The number of nitrogens with two attached hydrogens (primary N) is 1. The number of aromatic carboxylic acids is 1. The number of aromatic nitrogens is 3. The lowest BCUT2D eigenvalue weighted by Gasteiger charge is -2.14. The molecule has 0 unspecified atom stereocenters. The van der Waals surface area contributed by atoms with Crippen molar-refractivity contribution in [2.45, 2.75) is 0 Å². The fourth-order valence-corrected chi connectivity index (χ4v) is 4.75. The number of ether oxygens (including phenoxy) is 1. The molecule has 0 spiro atoms. The number of amides is 1. The van der Waals surface area contributed by atoms with E-state index in [9.17, 15) is 14.7 Å². The highest BCUT2D eigenvalue weighted by Gasteiger charge is 2.19. The van der Waals surface area contributed by atoms with Gasteiger partial charge in [0, 0.05) is 29.8 Å². The molecule has 0 fully saturated rings. The molecular weight excluding hydrogens is 440 g/mol. The van der Waals surface area contributed by atoms with Crippen LogP contribution in [0.1, 0.15) is 20.0 Å². The van der Waals surface area contributed by atoms with E-state index in [4.69, 9.17) is 10.5 Å². The van der Waals surface area contributed by atoms with E-state index in [1.807, 2.05) is 45.7 Å². The second-order valence-corrected chi connectivity index (χ2v) is 8.38. The van der Waals surface area contributed by atoms with Gasteiger partial charge in [-0.1, -0.05) is 12.1 Å². The number of carbonyl (C=O) groups is 2. The van der Waals surface area contributed by atoms with Crippen molar-refractivity contribution in [3.8, 4) is 28.4 Å². The Morgan fingerprint density at radius 1 is 1.06 bits per heavy atom. The Balaban J connectivity index is 1.70. The van der Waals surface area contributed by atoms with Gasteiger partial charge in [0.05, 0.1) is 34.9 Å². The Labute approximate surface area is 192 Å². The minimum Gasteiger partial charge on any atom is -0.496 e. The van der Waals surface area contributed by atoms with Crippen molar-refractivity contribution >= 4 is 33.4 Å². The summed E-state index contributed by atoms with van der Waals surface area (Å²) in [4.78, 5) is 27.6. The molecule has 2 aromatic carbocycles. The van der Waals surface area contributed by atoms with E-state index in [-0.39, 0.29) is 10.4 Å². The van der Waals surface area contributed by atoms with Gasteiger partial charge in [0.15, 0.2) is 0 Å². The zero-order valence-corrected chi connectivity index (χ0v) is 18.2. The number of imidazole rings is 1. The molecule has 3 N–H and O–H groups in total. The van der Waals surface area contributed by atoms with Crippen molar-refractivity contribution in [1.29, 1.82) is 0 Å². The van der Waals surface area contributed by atoms with Crippen LogP contribution in [0.15, 0.2) is 73.3 Å². The molecule has 33 heavy (non-hydrogen) atoms. The van der Waals surface area contributed by atoms with Crippen LogP contribution in [0.5, 0.6) is 5.75 Å². The Hall–Kier alpha value is -4.37. The van der Waals surface area contributed by atoms with Crippen LogP contribution in [0, 0.1) is 0 Å². The van der Waals surface area contributed by atoms with Crippen molar-refractivity contribution in [1.82, 2.24) is 14.1 Å². The van der Waals surface area contributed by atoms with Crippen molar-refractivity contribution in [2.75, 3.05) is 7.11 Å². The van der Waals surface area contributed by atoms with E-state index >= 15 is 0 Å². The quantitative estimate of drug-likeness (QED) is 0.393. The highest BCUT2D eigenvalue weighted by atomic mass is 32.1. The largest absolute Gasteiger partial charge is 0.496 e. The molecule has 9 heteroatoms. The number of fused-ring (bicyclic) bond motifs is 1. The molecule has 3 heterocycles. The number of benzene rings is 2. The summed E-state index contributed by atoms with van der Waals surface area (Å²) in [5.41, 5.74) is 9.99. The molecule has 0 saturated heterocycles. The highest BCUT2D eigenvalue weighted by molar-refractivity contribution is 7.20. The second-order valence-electron chi connectivity index (χ2n) is 7.30. The van der Waals surface area contributed by atoms with E-state index in [2.05, 4.69) is 4.98 Å². The zero-order valence-electron chi connectivity index (χ0n) is 17.4. The summed E-state index contributed by atoms with van der Waals surface area (Å²) in [5, 5.41) is 9.48. The smallest absolute Gasteiger partial charge is 0.345 e. The maximum Gasteiger partial charge on any atom is 0.345 e. The van der Waals surface area contributed by atoms with Gasteiger partial charge in [-0.25, -0.2) is 9.78 Å². The van der Waals surface area contributed by atoms with Gasteiger partial charge in [0.25, 0.3) is 5.91 Å². The summed E-state index contributed by atoms with van der Waals surface area (Å²) >= 11 is 1.21. The number of hydrogen-bond acceptors (Lipinski definition) is 5. The van der Waals surface area contributed by atoms with E-state index in [0.29, 0.717) is 5.75 Å². The molecular formula is C24H18N4O4S. The molecule has 0 aliphatic carbocycles. The van der Waals surface area contributed by atoms with Gasteiger partial charge >= 0.3 is 5.97 Å². The summed E-state index contributed by atoms with van der Waals surface area (Å²) in [6, 6.07) is 16.7. The van der Waals surface area contributed by atoms with E-state index in [1.54, 1.807) is 36.8 Å². The van der Waals surface area contributed by atoms with Crippen molar-refractivity contribution in [3.63, 3.8) is 0 Å². The number of carboxylic acid groups (broad SMARTS) is 1. The molecule has 164 valence electrons. The number of rotatable bonds is 6. The summed E-state index contributed by atoms with van der Waals surface area (Å²) in [6.07, 6.45) is 5.32. The number of methoxy groups -OCH3 is 1. The van der Waals surface area contributed by atoms with Gasteiger partial charge in [-0.05, 0) is 42.0 Å². The number of thiophene rings is 1. The summed E-state index contributed by atoms with van der Waals surface area (Å²) in [7, 11) is 1.47. The SMILES string of the molecule is COc1cc(-n2c(-c3ccc(-n4ccnc4)cc3)cc3sc(C(=O)O)cc32)ccc1C(N)=O. The van der Waals surface area contributed by atoms with Gasteiger partial charge in [-0.15, -0.1) is 11.3 Å². The van der Waals surface area contributed by atoms with Crippen LogP contribution < -0.4 is 10.5 Å². The topological polar surface area (TPSA) is 112 Å². The van der Waals surface area contributed by atoms with Gasteiger partial charge in [0.1, 0.15) is 10.6 Å². The zero-order chi connectivity index (χ0) is 23.1. The Kier molecular flexibility index (Phi) is 4.95. The number of hydrogen-bond donors (Lipinski definition) is 2. The van der Waals surface area contributed by atoms with Crippen LogP contribution in [0.25, 0.3) is 32.8 Å². The fourth-order valence-electron chi connectivity index (χ4n) is 3.83. The van der Waals surface area contributed by atoms with Crippen molar-refractivity contribution < 1.29 is 19.4 Å². The highest BCUT2D eigenvalue weighted by Crippen LogP contribution is 2.37. The van der Waals surface area contributed by atoms with Crippen LogP contribution in [-0.4, -0.2) is 38.2 Å². The molecule has 0 aliphatic rings. The van der Waals surface area contributed by atoms with E-state index in [0.717, 1.165) is 32.8 Å². The first-order chi connectivity index (χ1) is 16.0. The van der Waals surface area contributed by atoms with E-state index < -0.39 is 11.9 Å². The van der Waals surface area contributed by atoms with E-state index in [1.165, 1.54) is 18.4 Å². The summed E-state index contributed by atoms with van der Waals surface area (Å²) in [5.74, 6) is -1.22. The normalized spacial score (nSPS) is 11.1. The van der Waals surface area contributed by atoms with Gasteiger partial charge < -0.3 is 24.7 Å². The third-order valence-corrected chi connectivity index (χ3v) is 6.43. The molecule has 0 bridgehead atoms. The first kappa shape index (κ1) is 20.5. The Bertz CT molecular complexity index is 1500. The Morgan fingerprint density at radius 3 is 2.45 bits per heavy atom. The standard InChI is InChI=1S/C24H18N4O4S/c1-32-20-10-16(6-7-17(20)23(25)29)28-18(11-21-19(28)12-22(33-21)24(30)31)14-2-4-15(5-3-14)27-9-8-26-13-27/h2-13H,1H3,(H2,25,29)(H,30,31). The van der Waals surface area contributed by atoms with Crippen LogP contribution in [0.3, 0.4) is 0 Å². The second kappa shape index (κ2) is 7.95. The molecule has 0 aliphatic heterocycles. The van der Waals surface area contributed by atoms with Gasteiger partial charge in [-0.2, -0.15) is 0 Å².